The molecular weight excluding hydrogens is 346 g/mol. The molecule has 0 radical (unpaired) electrons. The minimum Gasteiger partial charge on any atom is -0.377 e. The van der Waals surface area contributed by atoms with Crippen molar-refractivity contribution in [1.82, 2.24) is 20.0 Å². The lowest BCUT2D eigenvalue weighted by Gasteiger charge is -2.40. The van der Waals surface area contributed by atoms with Crippen LogP contribution in [-0.2, 0) is 11.3 Å². The van der Waals surface area contributed by atoms with Crippen molar-refractivity contribution in [2.75, 3.05) is 19.7 Å². The third-order valence-corrected chi connectivity index (χ3v) is 5.49. The molecule has 6 nitrogen and oxygen atoms in total. The first-order valence-electron chi connectivity index (χ1n) is 9.52. The van der Waals surface area contributed by atoms with Gasteiger partial charge in [0, 0.05) is 43.4 Å². The summed E-state index contributed by atoms with van der Waals surface area (Å²) in [5.74, 6) is 1.35. The molecule has 3 rings (SSSR count). The predicted octanol–water partition coefficient (Wildman–Crippen LogP) is 3.29. The molecule has 3 heterocycles. The molecule has 0 saturated carbocycles. The van der Waals surface area contributed by atoms with Crippen molar-refractivity contribution in [2.24, 2.45) is 16.3 Å². The minimum atomic E-state index is 0.157. The molecule has 0 aromatic carbocycles. The normalized spacial score (nSPS) is 21.9. The maximum absolute atomic E-state index is 6.09. The monoisotopic (exact) mass is 377 g/mol. The smallest absolute Gasteiger partial charge is 0.193 e. The molecule has 1 aliphatic heterocycles. The Kier molecular flexibility index (Phi) is 6.19. The van der Waals surface area contributed by atoms with Crippen molar-refractivity contribution >= 4 is 22.3 Å². The molecule has 2 N–H and O–H groups in total. The Morgan fingerprint density at radius 3 is 3.00 bits per heavy atom. The molecule has 144 valence electrons. The number of hydrogen-bond donors (Lipinski definition) is 2. The maximum atomic E-state index is 6.09. The fourth-order valence-electron chi connectivity index (χ4n) is 3.59. The third-order valence-electron chi connectivity index (χ3n) is 4.72. The van der Waals surface area contributed by atoms with Gasteiger partial charge in [-0.2, -0.15) is 0 Å². The zero-order chi connectivity index (χ0) is 18.6. The predicted molar refractivity (Wildman–Crippen MR) is 108 cm³/mol. The Hall–Kier alpha value is -1.60. The van der Waals surface area contributed by atoms with E-state index in [1.54, 1.807) is 11.3 Å². The molecule has 7 heteroatoms. The van der Waals surface area contributed by atoms with Crippen molar-refractivity contribution in [3.8, 4) is 0 Å². The SMILES string of the molecule is CCNC(=NCc1cn2ccsc2n1)NCC1CCCOC1C(C)(C)C. The average Bonchev–Trinajstić information content (AvgIpc) is 3.18. The van der Waals surface area contributed by atoms with Gasteiger partial charge in [-0.15, -0.1) is 11.3 Å². The van der Waals surface area contributed by atoms with Crippen molar-refractivity contribution in [3.05, 3.63) is 23.5 Å². The van der Waals surface area contributed by atoms with Crippen LogP contribution < -0.4 is 10.6 Å². The van der Waals surface area contributed by atoms with Crippen LogP contribution >= 0.6 is 11.3 Å². The summed E-state index contributed by atoms with van der Waals surface area (Å²) in [4.78, 5) is 10.3. The van der Waals surface area contributed by atoms with Gasteiger partial charge in [0.25, 0.3) is 0 Å². The van der Waals surface area contributed by atoms with Gasteiger partial charge in [-0.05, 0) is 25.2 Å². The highest BCUT2D eigenvalue weighted by atomic mass is 32.1. The molecule has 0 aliphatic carbocycles. The molecule has 0 amide bonds. The van der Waals surface area contributed by atoms with Gasteiger partial charge >= 0.3 is 0 Å². The van der Waals surface area contributed by atoms with Crippen LogP contribution in [0.25, 0.3) is 4.96 Å². The quantitative estimate of drug-likeness (QED) is 0.620. The van der Waals surface area contributed by atoms with Crippen molar-refractivity contribution in [2.45, 2.75) is 53.2 Å². The highest BCUT2D eigenvalue weighted by molar-refractivity contribution is 7.15. The molecule has 2 aromatic rings. The summed E-state index contributed by atoms with van der Waals surface area (Å²) >= 11 is 1.64. The van der Waals surface area contributed by atoms with Crippen molar-refractivity contribution in [3.63, 3.8) is 0 Å². The number of hydrogen-bond acceptors (Lipinski definition) is 4. The number of guanidine groups is 1. The van der Waals surface area contributed by atoms with Gasteiger partial charge < -0.3 is 15.4 Å². The molecule has 26 heavy (non-hydrogen) atoms. The van der Waals surface area contributed by atoms with Crippen LogP contribution in [0.1, 0.15) is 46.2 Å². The van der Waals surface area contributed by atoms with Crippen LogP contribution in [0, 0.1) is 11.3 Å². The molecule has 0 bridgehead atoms. The molecule has 1 saturated heterocycles. The lowest BCUT2D eigenvalue weighted by molar-refractivity contribution is -0.0835. The largest absolute Gasteiger partial charge is 0.377 e. The van der Waals surface area contributed by atoms with Gasteiger partial charge in [0.1, 0.15) is 0 Å². The van der Waals surface area contributed by atoms with Crippen molar-refractivity contribution in [1.29, 1.82) is 0 Å². The number of nitrogens with zero attached hydrogens (tertiary/aromatic N) is 3. The molecular formula is C19H31N5OS. The van der Waals surface area contributed by atoms with E-state index in [2.05, 4.69) is 43.3 Å². The summed E-state index contributed by atoms with van der Waals surface area (Å²) in [6.07, 6.45) is 6.69. The van der Waals surface area contributed by atoms with E-state index in [0.717, 1.165) is 42.7 Å². The molecule has 2 aromatic heterocycles. The number of nitrogens with one attached hydrogen (secondary N) is 2. The van der Waals surface area contributed by atoms with Crippen LogP contribution in [0.3, 0.4) is 0 Å². The van der Waals surface area contributed by atoms with Crippen molar-refractivity contribution < 1.29 is 4.74 Å². The van der Waals surface area contributed by atoms with Gasteiger partial charge in [-0.25, -0.2) is 9.98 Å². The van der Waals surface area contributed by atoms with Gasteiger partial charge in [-0.3, -0.25) is 4.40 Å². The fraction of sp³-hybridized carbons (Fsp3) is 0.684. The van der Waals surface area contributed by atoms with E-state index in [-0.39, 0.29) is 11.5 Å². The second-order valence-corrected chi connectivity index (χ2v) is 8.83. The molecule has 2 unspecified atom stereocenters. The summed E-state index contributed by atoms with van der Waals surface area (Å²) in [5.41, 5.74) is 1.15. The van der Waals surface area contributed by atoms with Crippen LogP contribution in [0.2, 0.25) is 0 Å². The number of imidazole rings is 1. The van der Waals surface area contributed by atoms with E-state index in [1.807, 2.05) is 22.2 Å². The summed E-state index contributed by atoms with van der Waals surface area (Å²) in [6, 6.07) is 0. The Morgan fingerprint density at radius 2 is 2.27 bits per heavy atom. The highest BCUT2D eigenvalue weighted by Gasteiger charge is 2.35. The Bertz CT molecular complexity index is 701. The summed E-state index contributed by atoms with van der Waals surface area (Å²) in [6.45, 7) is 12.1. The second kappa shape index (κ2) is 8.39. The summed E-state index contributed by atoms with van der Waals surface area (Å²) in [5, 5.41) is 8.90. The van der Waals surface area contributed by atoms with Crippen LogP contribution in [0.4, 0.5) is 0 Å². The van der Waals surface area contributed by atoms with E-state index in [9.17, 15) is 0 Å². The van der Waals surface area contributed by atoms with E-state index in [4.69, 9.17) is 9.73 Å². The van der Waals surface area contributed by atoms with Gasteiger partial charge in [-0.1, -0.05) is 20.8 Å². The number of ether oxygens (including phenoxy) is 1. The summed E-state index contributed by atoms with van der Waals surface area (Å²) in [7, 11) is 0. The van der Waals surface area contributed by atoms with E-state index < -0.39 is 0 Å². The van der Waals surface area contributed by atoms with Gasteiger partial charge in [0.05, 0.1) is 18.3 Å². The lowest BCUT2D eigenvalue weighted by atomic mass is 9.78. The topological polar surface area (TPSA) is 63.0 Å². The molecule has 1 fully saturated rings. The zero-order valence-corrected chi connectivity index (χ0v) is 17.1. The molecule has 2 atom stereocenters. The first-order chi connectivity index (χ1) is 12.5. The fourth-order valence-corrected chi connectivity index (χ4v) is 4.31. The summed E-state index contributed by atoms with van der Waals surface area (Å²) < 4.78 is 8.13. The average molecular weight is 378 g/mol. The van der Waals surface area contributed by atoms with Crippen LogP contribution in [0.5, 0.6) is 0 Å². The van der Waals surface area contributed by atoms with E-state index in [0.29, 0.717) is 12.5 Å². The standard InChI is InChI=1S/C19H31N5OS/c1-5-20-17(22-12-15-13-24-8-10-26-18(24)23-15)21-11-14-7-6-9-25-16(14)19(2,3)4/h8,10,13-14,16H,5-7,9,11-12H2,1-4H3,(H2,20,21,22). The second-order valence-electron chi connectivity index (χ2n) is 7.96. The Morgan fingerprint density at radius 1 is 1.42 bits per heavy atom. The van der Waals surface area contributed by atoms with E-state index >= 15 is 0 Å². The number of thiazole rings is 1. The number of fused-ring (bicyclic) bond motifs is 1. The highest BCUT2D eigenvalue weighted by Crippen LogP contribution is 2.33. The minimum absolute atomic E-state index is 0.157. The van der Waals surface area contributed by atoms with E-state index in [1.165, 1.54) is 6.42 Å². The first-order valence-corrected chi connectivity index (χ1v) is 10.4. The third kappa shape index (κ3) is 4.76. The number of aromatic nitrogens is 2. The van der Waals surface area contributed by atoms with Crippen LogP contribution in [-0.4, -0.2) is 41.1 Å². The number of aliphatic imine (C=N–C) groups is 1. The zero-order valence-electron chi connectivity index (χ0n) is 16.3. The molecule has 0 spiro atoms. The Labute approximate surface area is 160 Å². The maximum Gasteiger partial charge on any atom is 0.193 e. The van der Waals surface area contributed by atoms with Gasteiger partial charge in [0.15, 0.2) is 10.9 Å². The van der Waals surface area contributed by atoms with Crippen LogP contribution in [0.15, 0.2) is 22.8 Å². The molecule has 1 aliphatic rings. The first kappa shape index (κ1) is 19.2. The lowest BCUT2D eigenvalue weighted by Crippen LogP contribution is -2.47. The van der Waals surface area contributed by atoms with Gasteiger partial charge in [0.2, 0.25) is 0 Å². The Balaban J connectivity index is 1.61. The number of rotatable bonds is 5.